The van der Waals surface area contributed by atoms with E-state index in [0.717, 1.165) is 234 Å². The standard InChI is InChI=1S/C44H28N6.C43H27N7.C42H27N5/c1-3-10-29(11-4-1)41-28-42(50-44(49-41)32-12-5-2-6-13-32)35-14-9-25-46-43(35)38-23-21-31-17-19-34(27-40(31)48-38)33-18-16-30-20-22-37(47-39(30)26-33)36-15-7-8-24-45-36;1-3-10-30(11-4-1)41-48-42(31-12-5-2-6-13-31)50-43(49-41)34-14-9-25-45-40(34)37-23-21-29-17-19-33(27-39(29)47-37)32-18-16-28-20-22-36(46-38(28)26-32)35-15-7-8-24-44-35;1-2-11-34(12-3-1)47-41-15-5-4-14-38(41)46-42(47)33-10-8-9-32(25-33)35-22-20-28-16-18-30(26-39(28)44-35)31-19-17-29-21-23-37(45-40(29)27-31)36-13-6-7-24-43-36/h1-28H;1-27H;1-27H. The van der Waals surface area contributed by atoms with Gasteiger partial charge < -0.3 is 0 Å². The molecule has 0 fully saturated rings. The predicted octanol–water partition coefficient (Wildman–Crippen LogP) is 30.3. The van der Waals surface area contributed by atoms with E-state index in [1.54, 1.807) is 31.0 Å². The Hall–Kier alpha value is -20.4. The summed E-state index contributed by atoms with van der Waals surface area (Å²) < 4.78 is 2.23. The molecule has 147 heavy (non-hydrogen) atoms. The van der Waals surface area contributed by atoms with Crippen molar-refractivity contribution in [3.63, 3.8) is 0 Å². The van der Waals surface area contributed by atoms with E-state index in [1.165, 1.54) is 0 Å². The van der Waals surface area contributed by atoms with Gasteiger partial charge in [0, 0.05) is 113 Å². The largest absolute Gasteiger partial charge is 0.292 e. The fourth-order valence-corrected chi connectivity index (χ4v) is 18.6. The van der Waals surface area contributed by atoms with Crippen LogP contribution in [0.3, 0.4) is 0 Å². The van der Waals surface area contributed by atoms with Crippen molar-refractivity contribution in [3.8, 4) is 187 Å². The van der Waals surface area contributed by atoms with E-state index in [4.69, 9.17) is 69.8 Å². The molecule has 14 aromatic heterocycles. The van der Waals surface area contributed by atoms with Gasteiger partial charge in [0.15, 0.2) is 23.3 Å². The topological polar surface area (TPSA) is 224 Å². The van der Waals surface area contributed by atoms with Crippen molar-refractivity contribution in [3.05, 3.63) is 498 Å². The van der Waals surface area contributed by atoms with E-state index in [2.05, 4.69) is 256 Å². The Bertz CT molecular complexity index is 9130. The summed E-state index contributed by atoms with van der Waals surface area (Å²) in [6.07, 6.45) is 8.96. The summed E-state index contributed by atoms with van der Waals surface area (Å²) in [7, 11) is 0. The molecule has 0 N–H and O–H groups in total. The quantitative estimate of drug-likeness (QED) is 0.0826. The normalized spacial score (nSPS) is 11.3. The molecule has 27 rings (SSSR count). The fraction of sp³-hybridized carbons (Fsp3) is 0. The number of fused-ring (bicyclic) bond motifs is 7. The summed E-state index contributed by atoms with van der Waals surface area (Å²) in [6, 6.07) is 158. The van der Waals surface area contributed by atoms with E-state index in [0.29, 0.717) is 29.0 Å². The minimum Gasteiger partial charge on any atom is -0.292 e. The van der Waals surface area contributed by atoms with E-state index < -0.39 is 0 Å². The minimum absolute atomic E-state index is 0.533. The molecular formula is C129H82N18. The molecule has 27 aromatic rings. The van der Waals surface area contributed by atoms with Gasteiger partial charge in [-0.15, -0.1) is 0 Å². The van der Waals surface area contributed by atoms with Crippen LogP contribution in [-0.2, 0) is 0 Å². The van der Waals surface area contributed by atoms with Crippen molar-refractivity contribution < 1.29 is 0 Å². The van der Waals surface area contributed by atoms with Gasteiger partial charge in [0.1, 0.15) is 5.82 Å². The number of benzene rings is 13. The Morgan fingerprint density at radius 2 is 0.463 bits per heavy atom. The Labute approximate surface area is 844 Å². The first kappa shape index (κ1) is 88.1. The Kier molecular flexibility index (Phi) is 23.6. The molecule has 0 radical (unpaired) electrons. The third-order valence-electron chi connectivity index (χ3n) is 26.1. The van der Waals surface area contributed by atoms with Crippen LogP contribution in [0.4, 0.5) is 0 Å². The zero-order valence-electron chi connectivity index (χ0n) is 78.9. The first-order chi connectivity index (χ1) is 72.8. The highest BCUT2D eigenvalue weighted by Gasteiger charge is 2.23. The second-order valence-corrected chi connectivity index (χ2v) is 35.5. The maximum Gasteiger partial charge on any atom is 0.166 e. The number of hydrogen-bond acceptors (Lipinski definition) is 17. The van der Waals surface area contributed by atoms with E-state index >= 15 is 0 Å². The van der Waals surface area contributed by atoms with E-state index in [-0.39, 0.29) is 0 Å². The van der Waals surface area contributed by atoms with E-state index in [9.17, 15) is 0 Å². The lowest BCUT2D eigenvalue weighted by molar-refractivity contribution is 1.07. The highest BCUT2D eigenvalue weighted by molar-refractivity contribution is 5.96. The molecule has 0 amide bonds. The molecule has 0 atom stereocenters. The summed E-state index contributed by atoms with van der Waals surface area (Å²) >= 11 is 0. The number of para-hydroxylation sites is 3. The summed E-state index contributed by atoms with van der Waals surface area (Å²) in [5.41, 5.74) is 33.1. The second-order valence-electron chi connectivity index (χ2n) is 35.5. The number of imidazole rings is 1. The van der Waals surface area contributed by atoms with Crippen molar-refractivity contribution in [1.29, 1.82) is 0 Å². The molecule has 0 spiro atoms. The maximum atomic E-state index is 5.17. The predicted molar refractivity (Wildman–Crippen MR) is 591 cm³/mol. The highest BCUT2D eigenvalue weighted by atomic mass is 15.1. The molecule has 688 valence electrons. The molecule has 14 heterocycles. The van der Waals surface area contributed by atoms with Gasteiger partial charge in [0.2, 0.25) is 0 Å². The molecule has 0 aliphatic carbocycles. The summed E-state index contributed by atoms with van der Waals surface area (Å²) in [6.45, 7) is 0. The molecule has 18 nitrogen and oxygen atoms in total. The summed E-state index contributed by atoms with van der Waals surface area (Å²) in [5.74, 6) is 3.28. The van der Waals surface area contributed by atoms with E-state index in [1.807, 2.05) is 231 Å². The zero-order valence-corrected chi connectivity index (χ0v) is 78.9. The van der Waals surface area contributed by atoms with Crippen molar-refractivity contribution in [2.24, 2.45) is 0 Å². The molecule has 0 aliphatic rings. The Morgan fingerprint density at radius 3 is 0.891 bits per heavy atom. The van der Waals surface area contributed by atoms with Crippen LogP contribution in [0, 0.1) is 0 Å². The van der Waals surface area contributed by atoms with Crippen LogP contribution in [0.2, 0.25) is 0 Å². The highest BCUT2D eigenvalue weighted by Crippen LogP contribution is 2.41. The lowest BCUT2D eigenvalue weighted by Crippen LogP contribution is -2.02. The van der Waals surface area contributed by atoms with Gasteiger partial charge in [0.05, 0.1) is 118 Å². The fourth-order valence-electron chi connectivity index (χ4n) is 18.6. The number of hydrogen-bond donors (Lipinski definition) is 0. The third kappa shape index (κ3) is 18.4. The number of aromatic nitrogens is 18. The van der Waals surface area contributed by atoms with Crippen LogP contribution in [0.5, 0.6) is 0 Å². The Morgan fingerprint density at radius 1 is 0.143 bits per heavy atom. The van der Waals surface area contributed by atoms with Gasteiger partial charge in [0.25, 0.3) is 0 Å². The average Bonchev–Trinajstić information content (AvgIpc) is 1.74. The molecule has 0 saturated carbocycles. The van der Waals surface area contributed by atoms with Gasteiger partial charge in [-0.3, -0.25) is 29.5 Å². The van der Waals surface area contributed by atoms with Crippen molar-refractivity contribution in [2.75, 3.05) is 0 Å². The Balaban J connectivity index is 0.000000115. The zero-order chi connectivity index (χ0) is 97.7. The molecule has 13 aromatic carbocycles. The first-order valence-corrected chi connectivity index (χ1v) is 48.4. The molecular weight excluding hydrogens is 1800 g/mol. The van der Waals surface area contributed by atoms with Crippen LogP contribution in [0.15, 0.2) is 498 Å². The van der Waals surface area contributed by atoms with Gasteiger partial charge >= 0.3 is 0 Å². The third-order valence-corrected chi connectivity index (χ3v) is 26.1. The van der Waals surface area contributed by atoms with Crippen LogP contribution < -0.4 is 0 Å². The van der Waals surface area contributed by atoms with Gasteiger partial charge in [-0.05, 0) is 203 Å². The first-order valence-electron chi connectivity index (χ1n) is 48.4. The molecule has 0 saturated heterocycles. The van der Waals surface area contributed by atoms with Gasteiger partial charge in [-0.1, -0.05) is 297 Å². The maximum absolute atomic E-state index is 5.17. The average molecular weight is 1880 g/mol. The molecule has 0 unspecified atom stereocenters. The van der Waals surface area contributed by atoms with Crippen molar-refractivity contribution in [2.45, 2.75) is 0 Å². The van der Waals surface area contributed by atoms with Crippen LogP contribution in [0.1, 0.15) is 0 Å². The molecule has 0 bridgehead atoms. The number of rotatable bonds is 17. The van der Waals surface area contributed by atoms with Crippen LogP contribution in [0.25, 0.3) is 263 Å². The SMILES string of the molecule is c1ccc(-c2cc(-c3cccnc3-c3ccc4ccc(-c5ccc6ccc(-c7ccccn7)nc6c5)cc4n3)nc(-c3ccccc3)n2)cc1.c1ccc(-c2nc(-c3ccccc3)nc(-c3cccnc3-c3ccc4ccc(-c5ccc6ccc(-c7ccccn7)nc6c5)cc4n3)n2)cc1.c1ccc(-n2c(-c3cccc(-c4ccc5ccc(-c6ccc7ccc(-c8ccccn8)nc7c6)cc5n4)c3)nc3ccccc32)cc1. The lowest BCUT2D eigenvalue weighted by atomic mass is 10.0. The molecule has 0 aliphatic heterocycles. The van der Waals surface area contributed by atoms with Crippen molar-refractivity contribution >= 4 is 76.5 Å². The summed E-state index contributed by atoms with van der Waals surface area (Å²) in [4.78, 5) is 83.2. The van der Waals surface area contributed by atoms with Crippen molar-refractivity contribution in [1.82, 2.24) is 89.3 Å². The summed E-state index contributed by atoms with van der Waals surface area (Å²) in [5, 5.41) is 6.41. The van der Waals surface area contributed by atoms with Gasteiger partial charge in [-0.25, -0.2) is 59.8 Å². The van der Waals surface area contributed by atoms with Gasteiger partial charge in [-0.2, -0.15) is 0 Å². The molecule has 18 heteroatoms. The number of nitrogens with zero attached hydrogens (tertiary/aromatic N) is 18. The van der Waals surface area contributed by atoms with Crippen LogP contribution >= 0.6 is 0 Å². The second kappa shape index (κ2) is 39.4. The minimum atomic E-state index is 0.533. The lowest BCUT2D eigenvalue weighted by Gasteiger charge is -2.12. The van der Waals surface area contributed by atoms with Crippen LogP contribution in [-0.4, -0.2) is 89.3 Å². The monoisotopic (exact) mass is 1880 g/mol. The number of pyridine rings is 11. The smallest absolute Gasteiger partial charge is 0.166 e.